The second-order valence-corrected chi connectivity index (χ2v) is 9.33. The summed E-state index contributed by atoms with van der Waals surface area (Å²) in [7, 11) is 1.63. The van der Waals surface area contributed by atoms with Gasteiger partial charge in [-0.15, -0.1) is 11.3 Å². The summed E-state index contributed by atoms with van der Waals surface area (Å²) in [5, 5.41) is 2.65. The Hall–Kier alpha value is -2.93. The minimum atomic E-state index is -0.795. The predicted molar refractivity (Wildman–Crippen MR) is 122 cm³/mol. The summed E-state index contributed by atoms with van der Waals surface area (Å²) < 4.78 is 33.2. The van der Waals surface area contributed by atoms with Crippen molar-refractivity contribution < 1.29 is 18.3 Å². The summed E-state index contributed by atoms with van der Waals surface area (Å²) in [4.78, 5) is 17.7. The fourth-order valence-corrected chi connectivity index (χ4v) is 6.42. The van der Waals surface area contributed by atoms with Gasteiger partial charge in [-0.1, -0.05) is 18.2 Å². The van der Waals surface area contributed by atoms with Gasteiger partial charge in [0.1, 0.15) is 17.4 Å². The standard InChI is InChI=1S/C25H24F2N2O2S/c1-31-21-8-4-2-7-18(21)23-24-17(16-6-3-5-9-22(16)32-24)12-13-29(23)25(30)28-20-11-10-15(26)14-19(20)27/h2,4,7-8,10-11,14,23H,3,5-6,9,12-13H2,1H3,(H,28,30)/t23-/m1/s1. The van der Waals surface area contributed by atoms with Crippen LogP contribution in [0.4, 0.5) is 19.3 Å². The molecular formula is C25H24F2N2O2S. The smallest absolute Gasteiger partial charge is 0.322 e. The Morgan fingerprint density at radius 1 is 1.09 bits per heavy atom. The highest BCUT2D eigenvalue weighted by Gasteiger charge is 2.38. The van der Waals surface area contributed by atoms with E-state index in [0.29, 0.717) is 12.3 Å². The molecule has 0 saturated carbocycles. The van der Waals surface area contributed by atoms with Crippen LogP contribution in [0.1, 0.15) is 45.3 Å². The number of aryl methyl sites for hydroxylation is 1. The Kier molecular flexibility index (Phi) is 5.59. The van der Waals surface area contributed by atoms with E-state index in [1.807, 2.05) is 24.3 Å². The number of halogens is 2. The fraction of sp³-hybridized carbons (Fsp3) is 0.320. The van der Waals surface area contributed by atoms with Crippen molar-refractivity contribution in [1.82, 2.24) is 4.90 Å². The van der Waals surface area contributed by atoms with Crippen LogP contribution < -0.4 is 10.1 Å². The SMILES string of the molecule is COc1ccccc1[C@@H]1c2sc3c(c2CCN1C(=O)Nc1ccc(F)cc1F)CCCC3. The Labute approximate surface area is 189 Å². The van der Waals surface area contributed by atoms with Gasteiger partial charge in [0.2, 0.25) is 0 Å². The lowest BCUT2D eigenvalue weighted by Crippen LogP contribution is -2.42. The molecule has 1 aromatic heterocycles. The van der Waals surface area contributed by atoms with Crippen LogP contribution in [0.2, 0.25) is 0 Å². The molecule has 0 fully saturated rings. The van der Waals surface area contributed by atoms with E-state index in [1.54, 1.807) is 23.3 Å². The molecule has 2 aromatic carbocycles. The van der Waals surface area contributed by atoms with Crippen LogP contribution in [-0.4, -0.2) is 24.6 Å². The first-order valence-corrected chi connectivity index (χ1v) is 11.7. The van der Waals surface area contributed by atoms with Gasteiger partial charge >= 0.3 is 6.03 Å². The number of carbonyl (C=O) groups excluding carboxylic acids is 1. The Morgan fingerprint density at radius 3 is 2.72 bits per heavy atom. The first-order chi connectivity index (χ1) is 15.6. The Balaban J connectivity index is 1.57. The first kappa shape index (κ1) is 20.9. The number of amides is 2. The minimum absolute atomic E-state index is 0.0357. The van der Waals surface area contributed by atoms with Crippen LogP contribution in [0.5, 0.6) is 5.75 Å². The van der Waals surface area contributed by atoms with E-state index < -0.39 is 17.7 Å². The largest absolute Gasteiger partial charge is 0.496 e. The highest BCUT2D eigenvalue weighted by Crippen LogP contribution is 2.46. The molecule has 2 heterocycles. The molecule has 0 spiro atoms. The number of para-hydroxylation sites is 1. The molecule has 0 radical (unpaired) electrons. The van der Waals surface area contributed by atoms with Crippen molar-refractivity contribution in [2.45, 2.75) is 38.1 Å². The summed E-state index contributed by atoms with van der Waals surface area (Å²) in [5.41, 5.74) is 3.69. The number of rotatable bonds is 3. The summed E-state index contributed by atoms with van der Waals surface area (Å²) >= 11 is 1.79. The average Bonchev–Trinajstić information content (AvgIpc) is 3.19. The average molecular weight is 455 g/mol. The van der Waals surface area contributed by atoms with Crippen molar-refractivity contribution in [2.24, 2.45) is 0 Å². The molecule has 1 aliphatic heterocycles. The number of hydrogen-bond acceptors (Lipinski definition) is 3. The van der Waals surface area contributed by atoms with Crippen LogP contribution in [0, 0.1) is 11.6 Å². The van der Waals surface area contributed by atoms with Crippen molar-refractivity contribution in [3.05, 3.63) is 80.5 Å². The molecule has 2 aliphatic rings. The topological polar surface area (TPSA) is 41.6 Å². The second-order valence-electron chi connectivity index (χ2n) is 8.20. The lowest BCUT2D eigenvalue weighted by atomic mass is 9.88. The maximum atomic E-state index is 14.2. The van der Waals surface area contributed by atoms with E-state index in [1.165, 1.54) is 39.8 Å². The van der Waals surface area contributed by atoms with Gasteiger partial charge in [0, 0.05) is 27.9 Å². The van der Waals surface area contributed by atoms with Gasteiger partial charge in [-0.25, -0.2) is 13.6 Å². The maximum Gasteiger partial charge on any atom is 0.322 e. The molecule has 32 heavy (non-hydrogen) atoms. The molecule has 1 N–H and O–H groups in total. The zero-order valence-electron chi connectivity index (χ0n) is 17.8. The number of anilines is 1. The van der Waals surface area contributed by atoms with Crippen molar-refractivity contribution in [3.8, 4) is 5.75 Å². The zero-order valence-corrected chi connectivity index (χ0v) is 18.6. The number of ether oxygens (including phenoxy) is 1. The lowest BCUT2D eigenvalue weighted by Gasteiger charge is -2.37. The maximum absolute atomic E-state index is 14.2. The van der Waals surface area contributed by atoms with E-state index in [2.05, 4.69) is 5.32 Å². The number of nitrogens with one attached hydrogen (secondary N) is 1. The molecule has 5 rings (SSSR count). The van der Waals surface area contributed by atoms with Gasteiger partial charge in [0.05, 0.1) is 18.8 Å². The molecule has 4 nitrogen and oxygen atoms in total. The third kappa shape index (κ3) is 3.64. The molecule has 2 amide bonds. The summed E-state index contributed by atoms with van der Waals surface area (Å²) in [6.07, 6.45) is 5.33. The quantitative estimate of drug-likeness (QED) is 0.520. The van der Waals surface area contributed by atoms with E-state index in [4.69, 9.17) is 4.74 Å². The van der Waals surface area contributed by atoms with Crippen molar-refractivity contribution in [1.29, 1.82) is 0 Å². The van der Waals surface area contributed by atoms with Crippen LogP contribution in [0.15, 0.2) is 42.5 Å². The number of hydrogen-bond donors (Lipinski definition) is 1. The molecule has 0 saturated heterocycles. The van der Waals surface area contributed by atoms with E-state index >= 15 is 0 Å². The normalized spacial score (nSPS) is 17.5. The van der Waals surface area contributed by atoms with Crippen LogP contribution in [0.25, 0.3) is 0 Å². The molecule has 7 heteroatoms. The number of methoxy groups -OCH3 is 1. The number of fused-ring (bicyclic) bond motifs is 3. The third-order valence-electron chi connectivity index (χ3n) is 6.34. The van der Waals surface area contributed by atoms with Crippen molar-refractivity contribution in [2.75, 3.05) is 19.0 Å². The van der Waals surface area contributed by atoms with Gasteiger partial charge in [0.15, 0.2) is 0 Å². The van der Waals surface area contributed by atoms with Crippen molar-refractivity contribution >= 4 is 23.1 Å². The van der Waals surface area contributed by atoms with Crippen LogP contribution in [-0.2, 0) is 19.3 Å². The molecule has 1 atom stereocenters. The molecular weight excluding hydrogens is 430 g/mol. The van der Waals surface area contributed by atoms with Crippen LogP contribution in [0.3, 0.4) is 0 Å². The second kappa shape index (κ2) is 8.54. The monoisotopic (exact) mass is 454 g/mol. The predicted octanol–water partition coefficient (Wildman–Crippen LogP) is 6.09. The molecule has 166 valence electrons. The van der Waals surface area contributed by atoms with Gasteiger partial charge in [0.25, 0.3) is 0 Å². The Morgan fingerprint density at radius 2 is 1.91 bits per heavy atom. The Bertz CT molecular complexity index is 1180. The molecule has 1 aliphatic carbocycles. The van der Waals surface area contributed by atoms with E-state index in [-0.39, 0.29) is 11.7 Å². The lowest BCUT2D eigenvalue weighted by molar-refractivity contribution is 0.194. The molecule has 0 unspecified atom stereocenters. The number of urea groups is 1. The van der Waals surface area contributed by atoms with Gasteiger partial charge in [-0.2, -0.15) is 0 Å². The van der Waals surface area contributed by atoms with Crippen LogP contribution >= 0.6 is 11.3 Å². The van der Waals surface area contributed by atoms with Gasteiger partial charge in [-0.3, -0.25) is 0 Å². The van der Waals surface area contributed by atoms with Crippen molar-refractivity contribution in [3.63, 3.8) is 0 Å². The van der Waals surface area contributed by atoms with E-state index in [0.717, 1.165) is 37.0 Å². The summed E-state index contributed by atoms with van der Waals surface area (Å²) in [6.45, 7) is 0.507. The fourth-order valence-electron chi connectivity index (χ4n) is 4.85. The van der Waals surface area contributed by atoms with Gasteiger partial charge in [-0.05, 0) is 61.4 Å². The third-order valence-corrected chi connectivity index (χ3v) is 7.73. The summed E-state index contributed by atoms with van der Waals surface area (Å²) in [5.74, 6) is -0.766. The number of thiophene rings is 1. The highest BCUT2D eigenvalue weighted by molar-refractivity contribution is 7.12. The number of carbonyl (C=O) groups is 1. The number of nitrogens with zero attached hydrogens (tertiary/aromatic N) is 1. The van der Waals surface area contributed by atoms with E-state index in [9.17, 15) is 13.6 Å². The summed E-state index contributed by atoms with van der Waals surface area (Å²) in [6, 6.07) is 10.1. The zero-order chi connectivity index (χ0) is 22.2. The number of benzene rings is 2. The van der Waals surface area contributed by atoms with Gasteiger partial charge < -0.3 is 15.0 Å². The first-order valence-electron chi connectivity index (χ1n) is 10.9. The molecule has 0 bridgehead atoms. The highest BCUT2D eigenvalue weighted by atomic mass is 32.1. The molecule has 3 aromatic rings. The minimum Gasteiger partial charge on any atom is -0.496 e.